The Labute approximate surface area is 170 Å². The summed E-state index contributed by atoms with van der Waals surface area (Å²) in [7, 11) is 0. The maximum Gasteiger partial charge on any atom is 0.231 e. The smallest absolute Gasteiger partial charge is 0.231 e. The second-order valence-electron chi connectivity index (χ2n) is 6.17. The van der Waals surface area contributed by atoms with E-state index in [1.165, 1.54) is 12.1 Å². The quantitative estimate of drug-likeness (QED) is 0.468. The number of Topliss-reactive ketones (excluding diaryl/α,β-unsaturated/α-hetero) is 1. The summed E-state index contributed by atoms with van der Waals surface area (Å²) in [5.41, 5.74) is 1.93. The van der Waals surface area contributed by atoms with Crippen molar-refractivity contribution < 1.29 is 18.7 Å². The molecule has 1 aliphatic heterocycles. The topological polar surface area (TPSA) is 35.5 Å². The van der Waals surface area contributed by atoms with Crippen molar-refractivity contribution in [3.05, 3.63) is 99.0 Å². The lowest BCUT2D eigenvalue weighted by molar-refractivity contribution is 0.101. The van der Waals surface area contributed by atoms with Crippen molar-refractivity contribution in [2.45, 2.75) is 6.61 Å². The standard InChI is InChI=1S/C22H13Cl2FO3/c23-15-4-1-13(2-5-15)9-21-22(26)18-8-7-17(11-20(18)28-21)27-12-14-3-6-16(25)10-19(14)24/h1-11H,12H2. The Morgan fingerprint density at radius 2 is 1.79 bits per heavy atom. The van der Waals surface area contributed by atoms with Gasteiger partial charge >= 0.3 is 0 Å². The van der Waals surface area contributed by atoms with Crippen LogP contribution in [0.15, 0.2) is 66.4 Å². The molecule has 0 fully saturated rings. The molecule has 3 aromatic carbocycles. The maximum atomic E-state index is 13.1. The molecule has 3 nitrogen and oxygen atoms in total. The lowest BCUT2D eigenvalue weighted by atomic mass is 10.1. The first kappa shape index (κ1) is 18.5. The van der Waals surface area contributed by atoms with Crippen LogP contribution in [0, 0.1) is 5.82 Å². The number of hydrogen-bond acceptors (Lipinski definition) is 3. The molecule has 0 aromatic heterocycles. The zero-order valence-corrected chi connectivity index (χ0v) is 15.9. The molecule has 3 aromatic rings. The fourth-order valence-electron chi connectivity index (χ4n) is 2.77. The number of ether oxygens (including phenoxy) is 2. The molecule has 0 spiro atoms. The Bertz CT molecular complexity index is 1090. The van der Waals surface area contributed by atoms with Gasteiger partial charge in [-0.05, 0) is 48.0 Å². The molecule has 140 valence electrons. The Kier molecular flexibility index (Phi) is 5.07. The van der Waals surface area contributed by atoms with E-state index in [1.54, 1.807) is 54.6 Å². The van der Waals surface area contributed by atoms with E-state index in [2.05, 4.69) is 0 Å². The van der Waals surface area contributed by atoms with Crippen LogP contribution < -0.4 is 9.47 Å². The Morgan fingerprint density at radius 3 is 2.54 bits per heavy atom. The molecule has 0 radical (unpaired) electrons. The molecule has 0 bridgehead atoms. The molecule has 1 heterocycles. The Balaban J connectivity index is 1.51. The predicted octanol–water partition coefficient (Wildman–Crippen LogP) is 6.33. The number of carbonyl (C=O) groups excluding carboxylic acids is 1. The molecule has 4 rings (SSSR count). The van der Waals surface area contributed by atoms with Gasteiger partial charge < -0.3 is 9.47 Å². The van der Waals surface area contributed by atoms with E-state index in [9.17, 15) is 9.18 Å². The molecule has 6 heteroatoms. The fourth-order valence-corrected chi connectivity index (χ4v) is 3.11. The zero-order valence-electron chi connectivity index (χ0n) is 14.4. The molecule has 0 unspecified atom stereocenters. The number of ketones is 1. The highest BCUT2D eigenvalue weighted by Gasteiger charge is 2.27. The van der Waals surface area contributed by atoms with Crippen LogP contribution in [0.25, 0.3) is 6.08 Å². The highest BCUT2D eigenvalue weighted by Crippen LogP contribution is 2.35. The molecule has 0 N–H and O–H groups in total. The molecular weight excluding hydrogens is 402 g/mol. The van der Waals surface area contributed by atoms with Gasteiger partial charge in [-0.3, -0.25) is 4.79 Å². The molecule has 0 atom stereocenters. The Morgan fingerprint density at radius 1 is 1.00 bits per heavy atom. The van der Waals surface area contributed by atoms with Crippen molar-refractivity contribution >= 4 is 35.1 Å². The minimum absolute atomic E-state index is 0.166. The molecule has 0 aliphatic carbocycles. The van der Waals surface area contributed by atoms with Gasteiger partial charge in [0.05, 0.1) is 10.6 Å². The Hall–Kier alpha value is -2.82. The third-order valence-corrected chi connectivity index (χ3v) is 4.82. The van der Waals surface area contributed by atoms with Crippen molar-refractivity contribution in [3.63, 3.8) is 0 Å². The molecule has 28 heavy (non-hydrogen) atoms. The van der Waals surface area contributed by atoms with Gasteiger partial charge in [0.25, 0.3) is 0 Å². The molecule has 0 saturated heterocycles. The van der Waals surface area contributed by atoms with Crippen LogP contribution in [0.2, 0.25) is 10.0 Å². The molecule has 0 amide bonds. The van der Waals surface area contributed by atoms with E-state index < -0.39 is 5.82 Å². The van der Waals surface area contributed by atoms with Crippen LogP contribution in [0.3, 0.4) is 0 Å². The van der Waals surface area contributed by atoms with E-state index in [0.717, 1.165) is 5.56 Å². The number of allylic oxidation sites excluding steroid dienone is 1. The first-order chi connectivity index (χ1) is 13.5. The van der Waals surface area contributed by atoms with Gasteiger partial charge in [0, 0.05) is 16.7 Å². The number of benzene rings is 3. The zero-order chi connectivity index (χ0) is 19.7. The van der Waals surface area contributed by atoms with Crippen molar-refractivity contribution in [1.82, 2.24) is 0 Å². The van der Waals surface area contributed by atoms with Crippen molar-refractivity contribution in [1.29, 1.82) is 0 Å². The number of carbonyl (C=O) groups is 1. The second kappa shape index (κ2) is 7.66. The third-order valence-electron chi connectivity index (χ3n) is 4.22. The van der Waals surface area contributed by atoms with E-state index in [0.29, 0.717) is 32.7 Å². The number of halogens is 3. The largest absolute Gasteiger partial charge is 0.489 e. The van der Waals surface area contributed by atoms with Crippen LogP contribution in [0.4, 0.5) is 4.39 Å². The SMILES string of the molecule is O=C1C(=Cc2ccc(Cl)cc2)Oc2cc(OCc3ccc(F)cc3Cl)ccc21. The summed E-state index contributed by atoms with van der Waals surface area (Å²) in [6.45, 7) is 0.166. The summed E-state index contributed by atoms with van der Waals surface area (Å²) in [5, 5.41) is 0.910. The minimum atomic E-state index is -0.404. The summed E-state index contributed by atoms with van der Waals surface area (Å²) in [5.74, 6) is 0.569. The summed E-state index contributed by atoms with van der Waals surface area (Å²) >= 11 is 11.9. The van der Waals surface area contributed by atoms with Gasteiger partial charge in [0.1, 0.15) is 23.9 Å². The number of rotatable bonds is 4. The summed E-state index contributed by atoms with van der Waals surface area (Å²) in [6, 6.07) is 16.2. The summed E-state index contributed by atoms with van der Waals surface area (Å²) in [4.78, 5) is 12.5. The highest BCUT2D eigenvalue weighted by atomic mass is 35.5. The highest BCUT2D eigenvalue weighted by molar-refractivity contribution is 6.31. The summed E-state index contributed by atoms with van der Waals surface area (Å²) < 4.78 is 24.5. The van der Waals surface area contributed by atoms with Crippen LogP contribution >= 0.6 is 23.2 Å². The van der Waals surface area contributed by atoms with Crippen LogP contribution in [-0.4, -0.2) is 5.78 Å². The maximum absolute atomic E-state index is 13.1. The van der Waals surface area contributed by atoms with E-state index >= 15 is 0 Å². The lowest BCUT2D eigenvalue weighted by Crippen LogP contribution is -1.98. The van der Waals surface area contributed by atoms with Crippen molar-refractivity contribution in [2.75, 3.05) is 0 Å². The summed E-state index contributed by atoms with van der Waals surface area (Å²) in [6.07, 6.45) is 1.66. The average molecular weight is 415 g/mol. The van der Waals surface area contributed by atoms with Crippen molar-refractivity contribution in [2.24, 2.45) is 0 Å². The second-order valence-corrected chi connectivity index (χ2v) is 7.02. The molecule has 1 aliphatic rings. The minimum Gasteiger partial charge on any atom is -0.489 e. The van der Waals surface area contributed by atoms with Crippen LogP contribution in [0.1, 0.15) is 21.5 Å². The first-order valence-corrected chi connectivity index (χ1v) is 9.16. The third kappa shape index (κ3) is 3.88. The van der Waals surface area contributed by atoms with E-state index in [-0.39, 0.29) is 18.1 Å². The van der Waals surface area contributed by atoms with Gasteiger partial charge in [-0.1, -0.05) is 41.4 Å². The lowest BCUT2D eigenvalue weighted by Gasteiger charge is -2.08. The fraction of sp³-hybridized carbons (Fsp3) is 0.0455. The average Bonchev–Trinajstić information content (AvgIpc) is 2.98. The normalized spacial score (nSPS) is 14.1. The van der Waals surface area contributed by atoms with Gasteiger partial charge in [-0.15, -0.1) is 0 Å². The number of fused-ring (bicyclic) bond motifs is 1. The number of hydrogen-bond donors (Lipinski definition) is 0. The first-order valence-electron chi connectivity index (χ1n) is 8.40. The van der Waals surface area contributed by atoms with Crippen molar-refractivity contribution in [3.8, 4) is 11.5 Å². The predicted molar refractivity (Wildman–Crippen MR) is 107 cm³/mol. The van der Waals surface area contributed by atoms with Gasteiger partial charge in [-0.2, -0.15) is 0 Å². The van der Waals surface area contributed by atoms with Gasteiger partial charge in [0.15, 0.2) is 5.76 Å². The molecular formula is C22H13Cl2FO3. The van der Waals surface area contributed by atoms with E-state index in [1.807, 2.05) is 0 Å². The molecule has 0 saturated carbocycles. The van der Waals surface area contributed by atoms with Crippen LogP contribution in [-0.2, 0) is 6.61 Å². The van der Waals surface area contributed by atoms with Crippen LogP contribution in [0.5, 0.6) is 11.5 Å². The van der Waals surface area contributed by atoms with Gasteiger partial charge in [-0.25, -0.2) is 4.39 Å². The monoisotopic (exact) mass is 414 g/mol. The van der Waals surface area contributed by atoms with E-state index in [4.69, 9.17) is 32.7 Å². The van der Waals surface area contributed by atoms with Gasteiger partial charge in [0.2, 0.25) is 5.78 Å².